The predicted molar refractivity (Wildman–Crippen MR) is 78.8 cm³/mol. The summed E-state index contributed by atoms with van der Waals surface area (Å²) in [4.78, 5) is 8.02. The zero-order chi connectivity index (χ0) is 14.5. The van der Waals surface area contributed by atoms with Crippen LogP contribution in [0.3, 0.4) is 0 Å². The first kappa shape index (κ1) is 14.7. The molecule has 0 fully saturated rings. The first-order valence-corrected chi connectivity index (χ1v) is 6.93. The van der Waals surface area contributed by atoms with E-state index in [1.807, 2.05) is 13.0 Å². The number of hydrogen-bond acceptors (Lipinski definition) is 4. The highest BCUT2D eigenvalue weighted by Gasteiger charge is 2.21. The average molecular weight is 276 g/mol. The highest BCUT2D eigenvalue weighted by atomic mass is 19.1. The van der Waals surface area contributed by atoms with Gasteiger partial charge in [0.05, 0.1) is 0 Å². The van der Waals surface area contributed by atoms with Crippen LogP contribution in [0.5, 0.6) is 0 Å². The van der Waals surface area contributed by atoms with Crippen LogP contribution in [0.25, 0.3) is 0 Å². The van der Waals surface area contributed by atoms with Gasteiger partial charge in [-0.3, -0.25) is 0 Å². The number of allylic oxidation sites excluding steroid dienone is 3. The Morgan fingerprint density at radius 3 is 2.60 bits per heavy atom. The van der Waals surface area contributed by atoms with E-state index in [4.69, 9.17) is 11.5 Å². The van der Waals surface area contributed by atoms with Gasteiger partial charge in [0, 0.05) is 30.3 Å². The smallest absolute Gasteiger partial charge is 0.219 e. The van der Waals surface area contributed by atoms with Crippen LogP contribution in [-0.2, 0) is 0 Å². The minimum absolute atomic E-state index is 0.0832. The molecule has 2 rings (SSSR count). The van der Waals surface area contributed by atoms with E-state index in [9.17, 15) is 4.39 Å². The molecular formula is C15H21FN4. The van der Waals surface area contributed by atoms with Crippen molar-refractivity contribution in [3.8, 4) is 0 Å². The normalized spacial score (nSPS) is 21.4. The fraction of sp³-hybridized carbons (Fsp3) is 0.467. The maximum Gasteiger partial charge on any atom is 0.219 e. The molecule has 0 aromatic carbocycles. The van der Waals surface area contributed by atoms with Crippen molar-refractivity contribution >= 4 is 5.95 Å². The van der Waals surface area contributed by atoms with E-state index in [0.29, 0.717) is 0 Å². The Balaban J connectivity index is 2.07. The summed E-state index contributed by atoms with van der Waals surface area (Å²) in [6.45, 7) is 1.55. The van der Waals surface area contributed by atoms with Crippen molar-refractivity contribution in [2.75, 3.05) is 12.4 Å². The minimum Gasteiger partial charge on any atom is -0.368 e. The molecule has 0 amide bonds. The summed E-state index contributed by atoms with van der Waals surface area (Å²) in [5.41, 5.74) is 13.5. The summed E-state index contributed by atoms with van der Waals surface area (Å²) >= 11 is 0. The van der Waals surface area contributed by atoms with Crippen LogP contribution < -0.4 is 11.5 Å². The monoisotopic (exact) mass is 276 g/mol. The topological polar surface area (TPSA) is 77.8 Å². The van der Waals surface area contributed by atoms with Crippen LogP contribution in [0.15, 0.2) is 36.2 Å². The van der Waals surface area contributed by atoms with E-state index < -0.39 is 12.7 Å². The zero-order valence-electron chi connectivity index (χ0n) is 11.7. The number of nitrogen functional groups attached to an aromatic ring is 1. The van der Waals surface area contributed by atoms with Crippen molar-refractivity contribution in [2.24, 2.45) is 11.7 Å². The second-order valence-corrected chi connectivity index (χ2v) is 5.11. The Labute approximate surface area is 118 Å². The fourth-order valence-corrected chi connectivity index (χ4v) is 2.59. The lowest BCUT2D eigenvalue weighted by atomic mass is 9.83. The van der Waals surface area contributed by atoms with Crippen LogP contribution in [0, 0.1) is 5.92 Å². The molecule has 0 bridgehead atoms. The molecule has 0 saturated heterocycles. The second-order valence-electron chi connectivity index (χ2n) is 5.11. The van der Waals surface area contributed by atoms with Gasteiger partial charge < -0.3 is 11.5 Å². The summed E-state index contributed by atoms with van der Waals surface area (Å²) in [5, 5.41) is 0. The van der Waals surface area contributed by atoms with Crippen LogP contribution >= 0.6 is 0 Å². The van der Waals surface area contributed by atoms with Crippen molar-refractivity contribution in [1.82, 2.24) is 9.97 Å². The van der Waals surface area contributed by atoms with E-state index in [2.05, 4.69) is 22.1 Å². The number of nitrogens with zero attached hydrogens (tertiary/aromatic N) is 2. The van der Waals surface area contributed by atoms with Crippen molar-refractivity contribution in [1.29, 1.82) is 0 Å². The summed E-state index contributed by atoms with van der Waals surface area (Å²) in [6.07, 6.45) is 11.5. The molecular weight excluding hydrogens is 255 g/mol. The van der Waals surface area contributed by atoms with E-state index in [1.165, 1.54) is 0 Å². The lowest BCUT2D eigenvalue weighted by Gasteiger charge is -2.25. The van der Waals surface area contributed by atoms with Gasteiger partial charge in [0.15, 0.2) is 0 Å². The number of aromatic nitrogens is 2. The number of nitrogens with two attached hydrogens (primary N) is 2. The molecule has 1 aromatic rings. The van der Waals surface area contributed by atoms with E-state index in [-0.39, 0.29) is 17.8 Å². The number of anilines is 1. The van der Waals surface area contributed by atoms with E-state index in [1.54, 1.807) is 12.4 Å². The maximum atomic E-state index is 12.8. The Morgan fingerprint density at radius 2 is 2.10 bits per heavy atom. The highest BCUT2D eigenvalue weighted by Crippen LogP contribution is 2.30. The molecule has 3 atom stereocenters. The van der Waals surface area contributed by atoms with Crippen molar-refractivity contribution < 1.29 is 4.39 Å². The minimum atomic E-state index is -0.487. The summed E-state index contributed by atoms with van der Waals surface area (Å²) in [5.74, 6) is 0.614. The van der Waals surface area contributed by atoms with Gasteiger partial charge in [0.2, 0.25) is 5.95 Å². The van der Waals surface area contributed by atoms with Crippen LogP contribution in [0.1, 0.15) is 31.2 Å². The number of rotatable bonds is 5. The Hall–Kier alpha value is -1.75. The second kappa shape index (κ2) is 6.61. The third-order valence-electron chi connectivity index (χ3n) is 3.81. The molecule has 1 aromatic heterocycles. The summed E-state index contributed by atoms with van der Waals surface area (Å²) in [6, 6.07) is -0.424. The molecule has 1 aliphatic rings. The van der Waals surface area contributed by atoms with Gasteiger partial charge in [-0.2, -0.15) is 0 Å². The largest absolute Gasteiger partial charge is 0.368 e. The third kappa shape index (κ3) is 3.22. The number of alkyl halides is 1. The molecule has 1 heterocycles. The Kier molecular flexibility index (Phi) is 4.84. The highest BCUT2D eigenvalue weighted by molar-refractivity contribution is 5.33. The van der Waals surface area contributed by atoms with Crippen molar-refractivity contribution in [3.63, 3.8) is 0 Å². The van der Waals surface area contributed by atoms with Gasteiger partial charge in [-0.05, 0) is 24.0 Å². The molecule has 0 radical (unpaired) electrons. The lowest BCUT2D eigenvalue weighted by molar-refractivity contribution is 0.357. The van der Waals surface area contributed by atoms with Gasteiger partial charge in [-0.1, -0.05) is 25.2 Å². The fourth-order valence-electron chi connectivity index (χ4n) is 2.59. The first-order valence-electron chi connectivity index (χ1n) is 6.93. The molecule has 4 nitrogen and oxygen atoms in total. The SMILES string of the molecule is CCC(C1=CCC(c2cnc(N)nc2)C=C1)C(N)CF. The molecule has 3 unspecified atom stereocenters. The van der Waals surface area contributed by atoms with E-state index >= 15 is 0 Å². The average Bonchev–Trinajstić information content (AvgIpc) is 2.49. The lowest BCUT2D eigenvalue weighted by Crippen LogP contribution is -2.33. The summed E-state index contributed by atoms with van der Waals surface area (Å²) in [7, 11) is 0. The molecule has 4 N–H and O–H groups in total. The molecule has 1 aliphatic carbocycles. The van der Waals surface area contributed by atoms with Gasteiger partial charge in [-0.25, -0.2) is 14.4 Å². The summed E-state index contributed by atoms with van der Waals surface area (Å²) < 4.78 is 12.8. The van der Waals surface area contributed by atoms with Crippen molar-refractivity contribution in [3.05, 3.63) is 41.8 Å². The van der Waals surface area contributed by atoms with Gasteiger partial charge in [0.1, 0.15) is 6.67 Å². The van der Waals surface area contributed by atoms with Crippen LogP contribution in [0.2, 0.25) is 0 Å². The molecule has 5 heteroatoms. The Bertz CT molecular complexity index is 495. The first-order chi connectivity index (χ1) is 9.65. The predicted octanol–water partition coefficient (Wildman–Crippen LogP) is 2.35. The number of halogens is 1. The number of hydrogen-bond donors (Lipinski definition) is 2. The Morgan fingerprint density at radius 1 is 1.40 bits per heavy atom. The third-order valence-corrected chi connectivity index (χ3v) is 3.81. The van der Waals surface area contributed by atoms with Crippen LogP contribution in [-0.4, -0.2) is 22.7 Å². The zero-order valence-corrected chi connectivity index (χ0v) is 11.7. The van der Waals surface area contributed by atoms with Crippen molar-refractivity contribution in [2.45, 2.75) is 31.7 Å². The van der Waals surface area contributed by atoms with Gasteiger partial charge >= 0.3 is 0 Å². The van der Waals surface area contributed by atoms with E-state index in [0.717, 1.165) is 24.0 Å². The quantitative estimate of drug-likeness (QED) is 0.865. The molecule has 0 aliphatic heterocycles. The molecule has 108 valence electrons. The molecule has 20 heavy (non-hydrogen) atoms. The molecule has 0 spiro atoms. The molecule has 0 saturated carbocycles. The van der Waals surface area contributed by atoms with Crippen LogP contribution in [0.4, 0.5) is 10.3 Å². The standard InChI is InChI=1S/C15H21FN4/c1-2-13(14(17)7-16)11-5-3-10(4-6-11)12-8-19-15(18)20-9-12/h3,5-6,8-10,13-14H,2,4,7,17H2,1H3,(H2,18,19,20). The van der Waals surface area contributed by atoms with Gasteiger partial charge in [-0.15, -0.1) is 0 Å². The maximum absolute atomic E-state index is 12.8. The van der Waals surface area contributed by atoms with Gasteiger partial charge in [0.25, 0.3) is 0 Å².